The maximum atomic E-state index is 11.9. The van der Waals surface area contributed by atoms with Gasteiger partial charge in [-0.2, -0.15) is 5.10 Å². The molecule has 6 nitrogen and oxygen atoms in total. The predicted octanol–water partition coefficient (Wildman–Crippen LogP) is 2.67. The molecule has 0 saturated heterocycles. The Balaban J connectivity index is 2.23. The van der Waals surface area contributed by atoms with Gasteiger partial charge in [-0.05, 0) is 18.2 Å². The van der Waals surface area contributed by atoms with Crippen LogP contribution in [0.25, 0.3) is 0 Å². The van der Waals surface area contributed by atoms with E-state index in [0.29, 0.717) is 10.7 Å². The molecule has 2 aromatic rings. The zero-order chi connectivity index (χ0) is 14.0. The number of carbonyl (C=O) groups excluding carboxylic acids is 1. The van der Waals surface area contributed by atoms with Crippen molar-refractivity contribution < 1.29 is 14.7 Å². The molecule has 98 valence electrons. The molecule has 0 aliphatic carbocycles. The summed E-state index contributed by atoms with van der Waals surface area (Å²) in [5, 5.41) is 17.9. The number of nitrogens with one attached hydrogen (secondary N) is 2. The molecular formula is C11H7Cl2N3O3. The van der Waals surface area contributed by atoms with Crippen LogP contribution in [0.15, 0.2) is 24.4 Å². The van der Waals surface area contributed by atoms with Crippen molar-refractivity contribution in [1.82, 2.24) is 10.2 Å². The Morgan fingerprint density at radius 3 is 2.63 bits per heavy atom. The lowest BCUT2D eigenvalue weighted by Gasteiger charge is -2.05. The summed E-state index contributed by atoms with van der Waals surface area (Å²) < 4.78 is 0. The van der Waals surface area contributed by atoms with Crippen molar-refractivity contribution in [2.75, 3.05) is 5.32 Å². The van der Waals surface area contributed by atoms with Crippen molar-refractivity contribution in [3.8, 4) is 0 Å². The van der Waals surface area contributed by atoms with Crippen molar-refractivity contribution in [2.24, 2.45) is 0 Å². The maximum Gasteiger partial charge on any atom is 0.339 e. The monoisotopic (exact) mass is 299 g/mol. The summed E-state index contributed by atoms with van der Waals surface area (Å²) in [4.78, 5) is 22.7. The summed E-state index contributed by atoms with van der Waals surface area (Å²) >= 11 is 11.6. The summed E-state index contributed by atoms with van der Waals surface area (Å²) in [5.74, 6) is -1.87. The zero-order valence-electron chi connectivity index (χ0n) is 9.28. The smallest absolute Gasteiger partial charge is 0.339 e. The fourth-order valence-corrected chi connectivity index (χ4v) is 1.69. The number of rotatable bonds is 3. The summed E-state index contributed by atoms with van der Waals surface area (Å²) in [5.41, 5.74) is 0.0430. The number of H-pyrrole nitrogens is 1. The molecule has 2 rings (SSSR count). The van der Waals surface area contributed by atoms with Crippen LogP contribution >= 0.6 is 23.2 Å². The van der Waals surface area contributed by atoms with Gasteiger partial charge in [0.2, 0.25) is 0 Å². The van der Waals surface area contributed by atoms with Crippen LogP contribution < -0.4 is 5.32 Å². The lowest BCUT2D eigenvalue weighted by atomic mass is 10.2. The van der Waals surface area contributed by atoms with Crippen LogP contribution in [-0.4, -0.2) is 27.2 Å². The maximum absolute atomic E-state index is 11.9. The van der Waals surface area contributed by atoms with Gasteiger partial charge in [-0.3, -0.25) is 9.89 Å². The molecule has 0 unspecified atom stereocenters. The van der Waals surface area contributed by atoms with Crippen molar-refractivity contribution in [3.63, 3.8) is 0 Å². The molecule has 19 heavy (non-hydrogen) atoms. The Morgan fingerprint density at radius 1 is 1.26 bits per heavy atom. The summed E-state index contributed by atoms with van der Waals surface area (Å²) in [6, 6.07) is 4.52. The first-order valence-corrected chi connectivity index (χ1v) is 5.77. The fraction of sp³-hybridized carbons (Fsp3) is 0. The van der Waals surface area contributed by atoms with Crippen LogP contribution in [0, 0.1) is 0 Å². The van der Waals surface area contributed by atoms with Crippen molar-refractivity contribution in [3.05, 3.63) is 45.7 Å². The number of hydrogen-bond acceptors (Lipinski definition) is 3. The first kappa shape index (κ1) is 13.4. The van der Waals surface area contributed by atoms with E-state index in [2.05, 4.69) is 15.5 Å². The van der Waals surface area contributed by atoms with Gasteiger partial charge in [-0.1, -0.05) is 23.2 Å². The third kappa shape index (κ3) is 2.86. The minimum Gasteiger partial charge on any atom is -0.478 e. The molecule has 0 saturated carbocycles. The number of aromatic amines is 1. The molecule has 3 N–H and O–H groups in total. The van der Waals surface area contributed by atoms with Gasteiger partial charge < -0.3 is 10.4 Å². The molecule has 0 bridgehead atoms. The molecule has 1 heterocycles. The van der Waals surface area contributed by atoms with Gasteiger partial charge in [0.25, 0.3) is 5.91 Å². The van der Waals surface area contributed by atoms with Crippen molar-refractivity contribution in [1.29, 1.82) is 0 Å². The average molecular weight is 300 g/mol. The minimum atomic E-state index is -1.24. The fourth-order valence-electron chi connectivity index (χ4n) is 1.39. The van der Waals surface area contributed by atoms with Crippen LogP contribution in [-0.2, 0) is 0 Å². The normalized spacial score (nSPS) is 10.2. The number of benzene rings is 1. The van der Waals surface area contributed by atoms with Crippen LogP contribution in [0.4, 0.5) is 5.69 Å². The molecule has 0 fully saturated rings. The molecule has 8 heteroatoms. The van der Waals surface area contributed by atoms with E-state index >= 15 is 0 Å². The topological polar surface area (TPSA) is 95.1 Å². The second kappa shape index (κ2) is 5.29. The number of nitrogens with zero attached hydrogens (tertiary/aromatic N) is 1. The van der Waals surface area contributed by atoms with E-state index in [9.17, 15) is 9.59 Å². The average Bonchev–Trinajstić information content (AvgIpc) is 2.83. The molecule has 1 aromatic carbocycles. The van der Waals surface area contributed by atoms with Gasteiger partial charge in [-0.25, -0.2) is 4.79 Å². The molecular weight excluding hydrogens is 293 g/mol. The molecule has 1 amide bonds. The van der Waals surface area contributed by atoms with E-state index in [1.54, 1.807) is 6.07 Å². The summed E-state index contributed by atoms with van der Waals surface area (Å²) in [6.07, 6.45) is 1.06. The highest BCUT2D eigenvalue weighted by Crippen LogP contribution is 2.25. The van der Waals surface area contributed by atoms with E-state index in [1.165, 1.54) is 12.1 Å². The van der Waals surface area contributed by atoms with E-state index in [0.717, 1.165) is 6.20 Å². The van der Waals surface area contributed by atoms with Crippen molar-refractivity contribution in [2.45, 2.75) is 0 Å². The van der Waals surface area contributed by atoms with Gasteiger partial charge in [0.05, 0.1) is 16.2 Å². The number of halogens is 2. The molecule has 0 atom stereocenters. The Kier molecular flexibility index (Phi) is 3.73. The predicted molar refractivity (Wildman–Crippen MR) is 70.0 cm³/mol. The first-order valence-electron chi connectivity index (χ1n) is 5.02. The van der Waals surface area contributed by atoms with Crippen LogP contribution in [0.2, 0.25) is 10.0 Å². The molecule has 0 aliphatic rings. The Morgan fingerprint density at radius 2 is 2.00 bits per heavy atom. The zero-order valence-corrected chi connectivity index (χ0v) is 10.8. The third-order valence-corrected chi connectivity index (χ3v) is 3.01. The van der Waals surface area contributed by atoms with Gasteiger partial charge in [-0.15, -0.1) is 0 Å². The summed E-state index contributed by atoms with van der Waals surface area (Å²) in [7, 11) is 0. The lowest BCUT2D eigenvalue weighted by molar-refractivity contribution is 0.0692. The highest BCUT2D eigenvalue weighted by atomic mass is 35.5. The highest BCUT2D eigenvalue weighted by molar-refractivity contribution is 6.42. The third-order valence-electron chi connectivity index (χ3n) is 2.27. The van der Waals surface area contributed by atoms with Gasteiger partial charge >= 0.3 is 5.97 Å². The SMILES string of the molecule is O=C(O)c1cn[nH]c1C(=O)Nc1ccc(Cl)c(Cl)c1. The number of anilines is 1. The van der Waals surface area contributed by atoms with Gasteiger partial charge in [0, 0.05) is 5.69 Å². The number of amides is 1. The number of carboxylic acid groups (broad SMARTS) is 1. The van der Waals surface area contributed by atoms with E-state index in [-0.39, 0.29) is 16.3 Å². The molecule has 0 aliphatic heterocycles. The number of aromatic nitrogens is 2. The van der Waals surface area contributed by atoms with E-state index < -0.39 is 11.9 Å². The van der Waals surface area contributed by atoms with Crippen molar-refractivity contribution >= 4 is 40.8 Å². The van der Waals surface area contributed by atoms with Gasteiger partial charge in [0.15, 0.2) is 0 Å². The standard InChI is InChI=1S/C11H7Cl2N3O3/c12-7-2-1-5(3-8(7)13)15-10(17)9-6(11(18)19)4-14-16-9/h1-4H,(H,14,16)(H,15,17)(H,18,19). The van der Waals surface area contributed by atoms with Crippen LogP contribution in [0.5, 0.6) is 0 Å². The number of carboxylic acids is 1. The van der Waals surface area contributed by atoms with Gasteiger partial charge in [0.1, 0.15) is 11.3 Å². The lowest BCUT2D eigenvalue weighted by Crippen LogP contribution is -2.16. The highest BCUT2D eigenvalue weighted by Gasteiger charge is 2.19. The number of carbonyl (C=O) groups is 2. The Hall–Kier alpha value is -2.05. The number of aromatic carboxylic acids is 1. The largest absolute Gasteiger partial charge is 0.478 e. The number of hydrogen-bond donors (Lipinski definition) is 3. The first-order chi connectivity index (χ1) is 8.99. The Bertz CT molecular complexity index is 654. The van der Waals surface area contributed by atoms with Crippen LogP contribution in [0.1, 0.15) is 20.8 Å². The van der Waals surface area contributed by atoms with Crippen LogP contribution in [0.3, 0.4) is 0 Å². The Labute approximate surface area is 117 Å². The molecule has 1 aromatic heterocycles. The summed E-state index contributed by atoms with van der Waals surface area (Å²) in [6.45, 7) is 0. The van der Waals surface area contributed by atoms with E-state index in [1.807, 2.05) is 0 Å². The quantitative estimate of drug-likeness (QED) is 0.812. The second-order valence-corrected chi connectivity index (χ2v) is 4.36. The minimum absolute atomic E-state index is 0.140. The van der Waals surface area contributed by atoms with E-state index in [4.69, 9.17) is 28.3 Å². The molecule has 0 spiro atoms. The second-order valence-electron chi connectivity index (χ2n) is 3.55. The molecule has 0 radical (unpaired) electrons.